The number of sulfonamides is 1. The Labute approximate surface area is 165 Å². The van der Waals surface area contributed by atoms with E-state index in [4.69, 9.17) is 0 Å². The lowest BCUT2D eigenvalue weighted by Gasteiger charge is -2.30. The van der Waals surface area contributed by atoms with E-state index in [1.54, 1.807) is 0 Å². The van der Waals surface area contributed by atoms with Gasteiger partial charge >= 0.3 is 0 Å². The first kappa shape index (κ1) is 20.8. The van der Waals surface area contributed by atoms with E-state index in [9.17, 15) is 32.1 Å². The molecule has 0 saturated carbocycles. The second-order valence-corrected chi connectivity index (χ2v) is 8.43. The van der Waals surface area contributed by atoms with Crippen molar-refractivity contribution in [2.75, 3.05) is 18.4 Å². The number of nitro groups is 1. The summed E-state index contributed by atoms with van der Waals surface area (Å²) in [6.45, 7) is -0.0155. The molecule has 0 unspecified atom stereocenters. The fourth-order valence-corrected chi connectivity index (χ4v) is 4.64. The summed E-state index contributed by atoms with van der Waals surface area (Å²) in [5.74, 6) is -2.84. The largest absolute Gasteiger partial charge is 0.323 e. The molecule has 8 nitrogen and oxygen atoms in total. The maximum atomic E-state index is 13.9. The molecule has 0 bridgehead atoms. The number of amides is 1. The average molecular weight is 425 g/mol. The maximum Gasteiger partial charge on any atom is 0.271 e. The van der Waals surface area contributed by atoms with E-state index in [-0.39, 0.29) is 37.3 Å². The zero-order chi connectivity index (χ0) is 21.2. The summed E-state index contributed by atoms with van der Waals surface area (Å²) in [7, 11) is -4.03. The van der Waals surface area contributed by atoms with E-state index in [2.05, 4.69) is 5.32 Å². The van der Waals surface area contributed by atoms with Crippen molar-refractivity contribution >= 4 is 27.3 Å². The lowest BCUT2D eigenvalue weighted by molar-refractivity contribution is -0.384. The highest BCUT2D eigenvalue weighted by Crippen LogP contribution is 2.27. The molecule has 0 spiro atoms. The lowest BCUT2D eigenvalue weighted by atomic mass is 9.97. The third kappa shape index (κ3) is 4.40. The molecular weight excluding hydrogens is 408 g/mol. The Morgan fingerprint density at radius 2 is 1.76 bits per heavy atom. The van der Waals surface area contributed by atoms with Crippen molar-refractivity contribution in [3.63, 3.8) is 0 Å². The van der Waals surface area contributed by atoms with Crippen LogP contribution in [0.15, 0.2) is 47.4 Å². The molecule has 0 radical (unpaired) electrons. The highest BCUT2D eigenvalue weighted by Gasteiger charge is 2.33. The second kappa shape index (κ2) is 8.21. The number of piperidine rings is 1. The van der Waals surface area contributed by atoms with Crippen LogP contribution in [0.3, 0.4) is 0 Å². The molecule has 1 aliphatic rings. The van der Waals surface area contributed by atoms with Gasteiger partial charge in [-0.15, -0.1) is 0 Å². The molecule has 2 aromatic rings. The van der Waals surface area contributed by atoms with E-state index in [1.807, 2.05) is 0 Å². The quantitative estimate of drug-likeness (QED) is 0.585. The number of carbonyl (C=O) groups is 1. The van der Waals surface area contributed by atoms with Crippen LogP contribution in [0.1, 0.15) is 12.8 Å². The topological polar surface area (TPSA) is 110 Å². The molecule has 1 heterocycles. The van der Waals surface area contributed by atoms with Gasteiger partial charge < -0.3 is 5.32 Å². The Morgan fingerprint density at radius 3 is 2.38 bits per heavy atom. The molecule has 1 fully saturated rings. The van der Waals surface area contributed by atoms with Gasteiger partial charge in [-0.05, 0) is 31.0 Å². The van der Waals surface area contributed by atoms with E-state index >= 15 is 0 Å². The van der Waals surface area contributed by atoms with Crippen LogP contribution in [0.2, 0.25) is 0 Å². The van der Waals surface area contributed by atoms with Crippen molar-refractivity contribution in [3.05, 3.63) is 64.2 Å². The van der Waals surface area contributed by atoms with Gasteiger partial charge in [0.15, 0.2) is 0 Å². The van der Waals surface area contributed by atoms with Crippen molar-refractivity contribution in [2.45, 2.75) is 17.7 Å². The number of hydrogen-bond acceptors (Lipinski definition) is 5. The Bertz CT molecular complexity index is 1050. The Kier molecular flexibility index (Phi) is 5.89. The normalized spacial score (nSPS) is 15.8. The number of benzene rings is 2. The third-order valence-corrected chi connectivity index (χ3v) is 6.63. The van der Waals surface area contributed by atoms with Crippen LogP contribution in [0.4, 0.5) is 20.2 Å². The Hall–Kier alpha value is -2.92. The van der Waals surface area contributed by atoms with Gasteiger partial charge in [0.2, 0.25) is 15.9 Å². The summed E-state index contributed by atoms with van der Waals surface area (Å²) in [6, 6.07) is 7.83. The number of nitrogens with zero attached hydrogens (tertiary/aromatic N) is 2. The van der Waals surface area contributed by atoms with Crippen molar-refractivity contribution in [2.24, 2.45) is 5.92 Å². The van der Waals surface area contributed by atoms with E-state index < -0.39 is 43.3 Å². The van der Waals surface area contributed by atoms with Gasteiger partial charge in [0.05, 0.1) is 10.6 Å². The van der Waals surface area contributed by atoms with Gasteiger partial charge in [-0.2, -0.15) is 4.31 Å². The smallest absolute Gasteiger partial charge is 0.271 e. The molecule has 11 heteroatoms. The fourth-order valence-electron chi connectivity index (χ4n) is 3.11. The molecule has 1 aliphatic heterocycles. The number of halogens is 2. The summed E-state index contributed by atoms with van der Waals surface area (Å²) in [5, 5.41) is 13.1. The summed E-state index contributed by atoms with van der Waals surface area (Å²) in [5.41, 5.74) is -0.682. The first-order chi connectivity index (χ1) is 13.7. The molecule has 2 aromatic carbocycles. The molecule has 154 valence electrons. The van der Waals surface area contributed by atoms with E-state index in [0.29, 0.717) is 0 Å². The molecule has 0 aliphatic carbocycles. The predicted molar refractivity (Wildman–Crippen MR) is 99.6 cm³/mol. The van der Waals surface area contributed by atoms with Gasteiger partial charge in [0.25, 0.3) is 5.69 Å². The second-order valence-electron chi connectivity index (χ2n) is 6.52. The van der Waals surface area contributed by atoms with Gasteiger partial charge in [-0.3, -0.25) is 14.9 Å². The monoisotopic (exact) mass is 425 g/mol. The highest BCUT2D eigenvalue weighted by molar-refractivity contribution is 7.89. The average Bonchev–Trinajstić information content (AvgIpc) is 2.69. The van der Waals surface area contributed by atoms with Crippen LogP contribution in [0, 0.1) is 27.7 Å². The van der Waals surface area contributed by atoms with Crippen LogP contribution in [0.25, 0.3) is 0 Å². The van der Waals surface area contributed by atoms with Crippen LogP contribution >= 0.6 is 0 Å². The van der Waals surface area contributed by atoms with Crippen molar-refractivity contribution in [3.8, 4) is 0 Å². The number of rotatable bonds is 5. The minimum atomic E-state index is -4.03. The van der Waals surface area contributed by atoms with Gasteiger partial charge in [0.1, 0.15) is 16.5 Å². The van der Waals surface area contributed by atoms with E-state index in [1.165, 1.54) is 18.2 Å². The standard InChI is InChI=1S/C18H17F2N3O5S/c19-14-6-5-13(23(25)26)11-16(14)21-18(24)12-7-9-22(10-8-12)29(27,28)17-4-2-1-3-15(17)20/h1-6,11-12H,7-10H2,(H,21,24). The zero-order valence-electron chi connectivity index (χ0n) is 15.0. The van der Waals surface area contributed by atoms with Crippen LogP contribution in [-0.2, 0) is 14.8 Å². The number of carbonyl (C=O) groups excluding carboxylic acids is 1. The first-order valence-electron chi connectivity index (χ1n) is 8.69. The molecule has 1 N–H and O–H groups in total. The molecule has 0 aromatic heterocycles. The molecule has 1 amide bonds. The summed E-state index contributed by atoms with van der Waals surface area (Å²) in [6.07, 6.45) is 0.298. The summed E-state index contributed by atoms with van der Waals surface area (Å²) < 4.78 is 54.0. The fraction of sp³-hybridized carbons (Fsp3) is 0.278. The highest BCUT2D eigenvalue weighted by atomic mass is 32.2. The molecule has 0 atom stereocenters. The van der Waals surface area contributed by atoms with Crippen molar-refractivity contribution in [1.29, 1.82) is 0 Å². The number of anilines is 1. The van der Waals surface area contributed by atoms with Crippen molar-refractivity contribution in [1.82, 2.24) is 4.31 Å². The number of non-ortho nitro benzene ring substituents is 1. The maximum absolute atomic E-state index is 13.9. The first-order valence-corrected chi connectivity index (χ1v) is 10.1. The minimum absolute atomic E-state index is 0.00776. The van der Waals surface area contributed by atoms with Gasteiger partial charge in [-0.1, -0.05) is 12.1 Å². The van der Waals surface area contributed by atoms with Crippen molar-refractivity contribution < 1.29 is 26.9 Å². The number of nitro benzene ring substituents is 1. The zero-order valence-corrected chi connectivity index (χ0v) is 15.9. The lowest BCUT2D eigenvalue weighted by Crippen LogP contribution is -2.41. The van der Waals surface area contributed by atoms with Crippen LogP contribution in [0.5, 0.6) is 0 Å². The number of hydrogen-bond donors (Lipinski definition) is 1. The Morgan fingerprint density at radius 1 is 1.10 bits per heavy atom. The van der Waals surface area contributed by atoms with Gasteiger partial charge in [-0.25, -0.2) is 17.2 Å². The third-order valence-electron chi connectivity index (χ3n) is 4.70. The summed E-state index contributed by atoms with van der Waals surface area (Å²) >= 11 is 0. The summed E-state index contributed by atoms with van der Waals surface area (Å²) in [4.78, 5) is 22.1. The molecule has 29 heavy (non-hydrogen) atoms. The SMILES string of the molecule is O=C(Nc1cc([N+](=O)[O-])ccc1F)C1CCN(S(=O)(=O)c2ccccc2F)CC1. The number of nitrogens with one attached hydrogen (secondary N) is 1. The minimum Gasteiger partial charge on any atom is -0.323 e. The van der Waals surface area contributed by atoms with E-state index in [0.717, 1.165) is 28.6 Å². The predicted octanol–water partition coefficient (Wildman–Crippen LogP) is 2.91. The van der Waals surface area contributed by atoms with Crippen LogP contribution < -0.4 is 5.32 Å². The Balaban J connectivity index is 1.67. The van der Waals surface area contributed by atoms with Gasteiger partial charge in [0, 0.05) is 31.1 Å². The molecular formula is C18H17F2N3O5S. The molecule has 3 rings (SSSR count). The van der Waals surface area contributed by atoms with Crippen LogP contribution in [-0.4, -0.2) is 36.6 Å². The molecule has 1 saturated heterocycles.